The molecule has 1 unspecified atom stereocenters. The molecule has 1 aromatic rings. The first kappa shape index (κ1) is 17.1. The van der Waals surface area contributed by atoms with Gasteiger partial charge in [-0.25, -0.2) is 12.7 Å². The Morgan fingerprint density at radius 1 is 1.20 bits per heavy atom. The van der Waals surface area contributed by atoms with E-state index < -0.39 is 10.0 Å². The van der Waals surface area contributed by atoms with E-state index in [1.54, 1.807) is 25.2 Å². The van der Waals surface area contributed by atoms with Crippen molar-refractivity contribution in [3.05, 3.63) is 29.8 Å². The molecule has 0 amide bonds. The Bertz CT molecular complexity index is 527. The molecule has 1 atom stereocenters. The van der Waals surface area contributed by atoms with Crippen LogP contribution in [0.1, 0.15) is 24.9 Å². The van der Waals surface area contributed by atoms with Gasteiger partial charge in [-0.3, -0.25) is 0 Å². The maximum Gasteiger partial charge on any atom is 0.242 e. The average Bonchev–Trinajstić information content (AvgIpc) is 2.38. The van der Waals surface area contributed by atoms with Crippen LogP contribution in [0, 0.1) is 0 Å². The topological polar surface area (TPSA) is 66.6 Å². The number of hydrogen-bond acceptors (Lipinski definition) is 4. The van der Waals surface area contributed by atoms with Gasteiger partial charge in [-0.1, -0.05) is 12.1 Å². The van der Waals surface area contributed by atoms with Gasteiger partial charge in [0.05, 0.1) is 4.90 Å². The Balaban J connectivity index is 2.84. The van der Waals surface area contributed by atoms with Crippen LogP contribution < -0.4 is 5.73 Å². The summed E-state index contributed by atoms with van der Waals surface area (Å²) < 4.78 is 26.3. The minimum absolute atomic E-state index is 0.177. The summed E-state index contributed by atoms with van der Waals surface area (Å²) >= 11 is 0. The lowest BCUT2D eigenvalue weighted by atomic mass is 10.1. The molecule has 2 N–H and O–H groups in total. The molecule has 0 aliphatic carbocycles. The minimum atomic E-state index is -3.43. The average molecular weight is 299 g/mol. The first-order valence-electron chi connectivity index (χ1n) is 6.71. The van der Waals surface area contributed by atoms with Crippen LogP contribution in [0.3, 0.4) is 0 Å². The highest BCUT2D eigenvalue weighted by molar-refractivity contribution is 7.89. The zero-order chi connectivity index (χ0) is 15.3. The third kappa shape index (κ3) is 4.56. The summed E-state index contributed by atoms with van der Waals surface area (Å²) in [6, 6.07) is 6.67. The molecule has 1 rings (SSSR count). The van der Waals surface area contributed by atoms with E-state index in [-0.39, 0.29) is 6.04 Å². The molecule has 0 aliphatic heterocycles. The van der Waals surface area contributed by atoms with E-state index in [1.807, 2.05) is 32.0 Å². The molecule has 1 aromatic carbocycles. The summed E-state index contributed by atoms with van der Waals surface area (Å²) in [4.78, 5) is 2.34. The van der Waals surface area contributed by atoms with Crippen molar-refractivity contribution in [2.24, 2.45) is 5.73 Å². The van der Waals surface area contributed by atoms with Crippen molar-refractivity contribution in [3.8, 4) is 0 Å². The predicted molar refractivity (Wildman–Crippen MR) is 82.0 cm³/mol. The normalized spacial score (nSPS) is 13.9. The van der Waals surface area contributed by atoms with Gasteiger partial charge in [-0.05, 0) is 51.7 Å². The zero-order valence-electron chi connectivity index (χ0n) is 12.7. The van der Waals surface area contributed by atoms with E-state index in [2.05, 4.69) is 0 Å². The molecule has 114 valence electrons. The maximum atomic E-state index is 12.5. The van der Waals surface area contributed by atoms with E-state index in [4.69, 9.17) is 5.73 Å². The number of nitrogens with two attached hydrogens (primary N) is 1. The lowest BCUT2D eigenvalue weighted by Gasteiger charge is -2.19. The minimum Gasteiger partial charge on any atom is -0.324 e. The molecule has 0 spiro atoms. The van der Waals surface area contributed by atoms with Gasteiger partial charge in [0.2, 0.25) is 10.0 Å². The monoisotopic (exact) mass is 299 g/mol. The quantitative estimate of drug-likeness (QED) is 0.823. The third-order valence-electron chi connectivity index (χ3n) is 3.17. The Morgan fingerprint density at radius 3 is 2.40 bits per heavy atom. The number of hydrogen-bond donors (Lipinski definition) is 1. The number of sulfonamides is 1. The van der Waals surface area contributed by atoms with Crippen molar-refractivity contribution in [1.82, 2.24) is 9.21 Å². The van der Waals surface area contributed by atoms with Crippen LogP contribution in [0.2, 0.25) is 0 Å². The number of nitrogens with zero attached hydrogens (tertiary/aromatic N) is 2. The van der Waals surface area contributed by atoms with Gasteiger partial charge in [-0.15, -0.1) is 0 Å². The molecule has 0 saturated carbocycles. The standard InChI is InChI=1S/C14H25N3O2S/c1-12(15)13-7-5-8-14(11-13)20(18,19)17(4)10-6-9-16(2)3/h5,7-8,11-12H,6,9-10,15H2,1-4H3. The second kappa shape index (κ2) is 7.17. The molecule has 5 nitrogen and oxygen atoms in total. The number of rotatable bonds is 7. The molecule has 0 bridgehead atoms. The highest BCUT2D eigenvalue weighted by atomic mass is 32.2. The van der Waals surface area contributed by atoms with Crippen molar-refractivity contribution < 1.29 is 8.42 Å². The van der Waals surface area contributed by atoms with Crippen LogP contribution >= 0.6 is 0 Å². The fraction of sp³-hybridized carbons (Fsp3) is 0.571. The van der Waals surface area contributed by atoms with E-state index in [1.165, 1.54) is 4.31 Å². The summed E-state index contributed by atoms with van der Waals surface area (Å²) in [7, 11) is 2.13. The van der Waals surface area contributed by atoms with Crippen LogP contribution in [-0.2, 0) is 10.0 Å². The molecule has 6 heteroatoms. The fourth-order valence-electron chi connectivity index (χ4n) is 1.87. The first-order chi connectivity index (χ1) is 9.25. The van der Waals surface area contributed by atoms with E-state index in [0.717, 1.165) is 18.5 Å². The highest BCUT2D eigenvalue weighted by Gasteiger charge is 2.20. The van der Waals surface area contributed by atoms with Gasteiger partial charge in [-0.2, -0.15) is 0 Å². The van der Waals surface area contributed by atoms with E-state index >= 15 is 0 Å². The zero-order valence-corrected chi connectivity index (χ0v) is 13.5. The van der Waals surface area contributed by atoms with Crippen molar-refractivity contribution in [2.75, 3.05) is 34.2 Å². The van der Waals surface area contributed by atoms with Crippen molar-refractivity contribution in [3.63, 3.8) is 0 Å². The Morgan fingerprint density at radius 2 is 1.85 bits per heavy atom. The summed E-state index contributed by atoms with van der Waals surface area (Å²) in [6.45, 7) is 3.20. The largest absolute Gasteiger partial charge is 0.324 e. The molecule has 0 aromatic heterocycles. The second-order valence-corrected chi connectivity index (χ2v) is 7.39. The smallest absolute Gasteiger partial charge is 0.242 e. The summed E-state index contributed by atoms with van der Waals surface area (Å²) in [6.07, 6.45) is 0.801. The Kier molecular flexibility index (Phi) is 6.13. The first-order valence-corrected chi connectivity index (χ1v) is 8.15. The van der Waals surface area contributed by atoms with Crippen LogP contribution in [-0.4, -0.2) is 51.9 Å². The lowest BCUT2D eigenvalue weighted by Crippen LogP contribution is -2.30. The predicted octanol–water partition coefficient (Wildman–Crippen LogP) is 1.28. The maximum absolute atomic E-state index is 12.5. The van der Waals surface area contributed by atoms with Crippen LogP contribution in [0.5, 0.6) is 0 Å². The van der Waals surface area contributed by atoms with Crippen LogP contribution in [0.15, 0.2) is 29.2 Å². The second-order valence-electron chi connectivity index (χ2n) is 5.34. The van der Waals surface area contributed by atoms with E-state index in [0.29, 0.717) is 11.4 Å². The molecule has 0 aliphatic rings. The van der Waals surface area contributed by atoms with Gasteiger partial charge in [0.1, 0.15) is 0 Å². The highest BCUT2D eigenvalue weighted by Crippen LogP contribution is 2.19. The SMILES string of the molecule is CC(N)c1cccc(S(=O)(=O)N(C)CCCN(C)C)c1. The van der Waals surface area contributed by atoms with Gasteiger partial charge in [0.25, 0.3) is 0 Å². The molecular formula is C14H25N3O2S. The molecule has 0 radical (unpaired) electrons. The van der Waals surface area contributed by atoms with Gasteiger partial charge < -0.3 is 10.6 Å². The third-order valence-corrected chi connectivity index (χ3v) is 5.02. The lowest BCUT2D eigenvalue weighted by molar-refractivity contribution is 0.370. The van der Waals surface area contributed by atoms with Crippen LogP contribution in [0.4, 0.5) is 0 Å². The Hall–Kier alpha value is -0.950. The summed E-state index contributed by atoms with van der Waals surface area (Å²) in [5.74, 6) is 0. The van der Waals surface area contributed by atoms with Crippen molar-refractivity contribution >= 4 is 10.0 Å². The molecule has 0 saturated heterocycles. The van der Waals surface area contributed by atoms with Gasteiger partial charge in [0.15, 0.2) is 0 Å². The fourth-order valence-corrected chi connectivity index (χ4v) is 3.13. The summed E-state index contributed by atoms with van der Waals surface area (Å²) in [5.41, 5.74) is 6.63. The van der Waals surface area contributed by atoms with E-state index in [9.17, 15) is 8.42 Å². The van der Waals surface area contributed by atoms with Crippen molar-refractivity contribution in [2.45, 2.75) is 24.3 Å². The summed E-state index contributed by atoms with van der Waals surface area (Å²) in [5, 5.41) is 0. The van der Waals surface area contributed by atoms with Gasteiger partial charge >= 0.3 is 0 Å². The molecule has 0 fully saturated rings. The van der Waals surface area contributed by atoms with Crippen LogP contribution in [0.25, 0.3) is 0 Å². The van der Waals surface area contributed by atoms with Gasteiger partial charge in [0, 0.05) is 19.6 Å². The Labute approximate surface area is 122 Å². The molecule has 0 heterocycles. The molecular weight excluding hydrogens is 274 g/mol. The molecule has 20 heavy (non-hydrogen) atoms. The number of benzene rings is 1. The van der Waals surface area contributed by atoms with Crippen molar-refractivity contribution in [1.29, 1.82) is 0 Å².